The lowest BCUT2D eigenvalue weighted by atomic mass is 9.87. The van der Waals surface area contributed by atoms with Gasteiger partial charge in [0.2, 0.25) is 5.60 Å². The molecule has 0 amide bonds. The second-order valence-corrected chi connectivity index (χ2v) is 6.73. The Morgan fingerprint density at radius 2 is 1.78 bits per heavy atom. The zero-order valence-electron chi connectivity index (χ0n) is 14.6. The molecule has 23 heavy (non-hydrogen) atoms. The van der Waals surface area contributed by atoms with Crippen molar-refractivity contribution in [1.82, 2.24) is 0 Å². The minimum Gasteiger partial charge on any atom is -0.507 e. The van der Waals surface area contributed by atoms with E-state index in [0.29, 0.717) is 18.6 Å². The average Bonchev–Trinajstić information content (AvgIpc) is 2.50. The fraction of sp³-hybridized carbons (Fsp3) is 0.556. The highest BCUT2D eigenvalue weighted by molar-refractivity contribution is 5.91. The lowest BCUT2D eigenvalue weighted by Crippen LogP contribution is -2.47. The lowest BCUT2D eigenvalue weighted by Gasteiger charge is -2.35. The Morgan fingerprint density at radius 3 is 2.35 bits per heavy atom. The minimum atomic E-state index is -1.20. The summed E-state index contributed by atoms with van der Waals surface area (Å²) in [5.74, 6) is -0.710. The number of ether oxygens (including phenoxy) is 2. The van der Waals surface area contributed by atoms with Gasteiger partial charge in [-0.25, -0.2) is 4.79 Å². The molecular weight excluding hydrogens is 296 g/mol. The van der Waals surface area contributed by atoms with Crippen molar-refractivity contribution < 1.29 is 24.2 Å². The van der Waals surface area contributed by atoms with E-state index >= 15 is 0 Å². The normalized spacial score (nSPS) is 20.0. The van der Waals surface area contributed by atoms with Crippen molar-refractivity contribution in [3.8, 4) is 11.5 Å². The van der Waals surface area contributed by atoms with Crippen LogP contribution in [0.25, 0.3) is 0 Å². The monoisotopic (exact) mass is 320 g/mol. The molecule has 126 valence electrons. The van der Waals surface area contributed by atoms with Gasteiger partial charge in [-0.3, -0.25) is 4.79 Å². The SMILES string of the molecule is Cc1c(C)c2c(c(C)c1O)CCC(C)(C(=O)OC(=O)C(C)C)O2. The molecule has 0 fully saturated rings. The van der Waals surface area contributed by atoms with E-state index in [2.05, 4.69) is 0 Å². The maximum absolute atomic E-state index is 12.4. The van der Waals surface area contributed by atoms with Crippen LogP contribution < -0.4 is 4.74 Å². The van der Waals surface area contributed by atoms with Gasteiger partial charge in [0, 0.05) is 12.0 Å². The van der Waals surface area contributed by atoms with E-state index in [-0.39, 0.29) is 11.7 Å². The third-order valence-corrected chi connectivity index (χ3v) is 4.62. The third kappa shape index (κ3) is 2.92. The third-order valence-electron chi connectivity index (χ3n) is 4.62. The van der Waals surface area contributed by atoms with E-state index in [0.717, 1.165) is 22.3 Å². The zero-order valence-corrected chi connectivity index (χ0v) is 14.6. The Balaban J connectivity index is 2.36. The topological polar surface area (TPSA) is 72.8 Å². The molecule has 1 aromatic carbocycles. The molecule has 0 bridgehead atoms. The number of phenols is 1. The van der Waals surface area contributed by atoms with Gasteiger partial charge in [0.05, 0.1) is 5.92 Å². The summed E-state index contributed by atoms with van der Waals surface area (Å²) in [6, 6.07) is 0. The number of carbonyl (C=O) groups excluding carboxylic acids is 2. The van der Waals surface area contributed by atoms with E-state index < -0.39 is 17.5 Å². The predicted molar refractivity (Wildman–Crippen MR) is 85.6 cm³/mol. The molecule has 1 heterocycles. The summed E-state index contributed by atoms with van der Waals surface area (Å²) < 4.78 is 10.9. The van der Waals surface area contributed by atoms with Crippen LogP contribution in [0.4, 0.5) is 0 Å². The van der Waals surface area contributed by atoms with Crippen LogP contribution in [0.5, 0.6) is 11.5 Å². The number of fused-ring (bicyclic) bond motifs is 1. The van der Waals surface area contributed by atoms with Crippen molar-refractivity contribution in [2.24, 2.45) is 5.92 Å². The number of benzene rings is 1. The van der Waals surface area contributed by atoms with Gasteiger partial charge in [-0.2, -0.15) is 0 Å². The predicted octanol–water partition coefficient (Wildman–Crippen LogP) is 3.13. The Hall–Kier alpha value is -2.04. The second-order valence-electron chi connectivity index (χ2n) is 6.73. The zero-order chi connectivity index (χ0) is 17.5. The first-order valence-corrected chi connectivity index (χ1v) is 7.85. The quantitative estimate of drug-likeness (QED) is 0.669. The fourth-order valence-electron chi connectivity index (χ4n) is 2.71. The lowest BCUT2D eigenvalue weighted by molar-refractivity contribution is -0.173. The van der Waals surface area contributed by atoms with Gasteiger partial charge in [0.25, 0.3) is 0 Å². The van der Waals surface area contributed by atoms with Gasteiger partial charge < -0.3 is 14.6 Å². The standard InChI is InChI=1S/C18H24O5/c1-9(2)16(20)22-17(21)18(6)8-7-13-12(5)14(19)10(3)11(4)15(13)23-18/h9,19H,7-8H2,1-6H3. The summed E-state index contributed by atoms with van der Waals surface area (Å²) >= 11 is 0. The number of hydrogen-bond acceptors (Lipinski definition) is 5. The van der Waals surface area contributed by atoms with Crippen LogP contribution in [0.15, 0.2) is 0 Å². The summed E-state index contributed by atoms with van der Waals surface area (Å²) in [5, 5.41) is 10.2. The Labute approximate surface area is 136 Å². The van der Waals surface area contributed by atoms with Crippen LogP contribution in [-0.4, -0.2) is 22.6 Å². The molecular formula is C18H24O5. The molecule has 1 aromatic rings. The Kier molecular flexibility index (Phi) is 4.42. The first-order valence-electron chi connectivity index (χ1n) is 7.85. The number of aromatic hydroxyl groups is 1. The molecule has 0 aromatic heterocycles. The molecule has 1 N–H and O–H groups in total. The van der Waals surface area contributed by atoms with Crippen molar-refractivity contribution in [2.45, 2.75) is 60.0 Å². The van der Waals surface area contributed by atoms with Crippen LogP contribution in [0, 0.1) is 26.7 Å². The molecule has 0 saturated heterocycles. The molecule has 0 radical (unpaired) electrons. The summed E-state index contributed by atoms with van der Waals surface area (Å²) in [7, 11) is 0. The molecule has 1 aliphatic heterocycles. The van der Waals surface area contributed by atoms with E-state index in [1.54, 1.807) is 20.8 Å². The summed E-state index contributed by atoms with van der Waals surface area (Å²) in [6.45, 7) is 10.5. The number of phenolic OH excluding ortho intramolecular Hbond substituents is 1. The number of rotatable bonds is 2. The van der Waals surface area contributed by atoms with E-state index in [9.17, 15) is 14.7 Å². The average molecular weight is 320 g/mol. The van der Waals surface area contributed by atoms with Crippen molar-refractivity contribution >= 4 is 11.9 Å². The van der Waals surface area contributed by atoms with Gasteiger partial charge in [-0.05, 0) is 50.8 Å². The van der Waals surface area contributed by atoms with Crippen molar-refractivity contribution in [3.63, 3.8) is 0 Å². The molecule has 0 aliphatic carbocycles. The highest BCUT2D eigenvalue weighted by Gasteiger charge is 2.43. The highest BCUT2D eigenvalue weighted by Crippen LogP contribution is 2.43. The summed E-state index contributed by atoms with van der Waals surface area (Å²) in [5.41, 5.74) is 2.02. The second kappa shape index (κ2) is 5.87. The van der Waals surface area contributed by atoms with Crippen molar-refractivity contribution in [3.05, 3.63) is 22.3 Å². The van der Waals surface area contributed by atoms with Gasteiger partial charge in [0.15, 0.2) is 0 Å². The van der Waals surface area contributed by atoms with Crippen LogP contribution in [0.2, 0.25) is 0 Å². The van der Waals surface area contributed by atoms with Crippen molar-refractivity contribution in [2.75, 3.05) is 0 Å². The van der Waals surface area contributed by atoms with E-state index in [1.165, 1.54) is 0 Å². The Bertz CT molecular complexity index is 675. The van der Waals surface area contributed by atoms with Gasteiger partial charge in [-0.1, -0.05) is 13.8 Å². The largest absolute Gasteiger partial charge is 0.507 e. The first-order chi connectivity index (χ1) is 10.6. The molecule has 1 atom stereocenters. The molecule has 1 unspecified atom stereocenters. The maximum atomic E-state index is 12.4. The van der Waals surface area contributed by atoms with Crippen LogP contribution in [0.3, 0.4) is 0 Å². The van der Waals surface area contributed by atoms with E-state index in [1.807, 2.05) is 20.8 Å². The maximum Gasteiger partial charge on any atom is 0.357 e. The summed E-state index contributed by atoms with van der Waals surface area (Å²) in [6.07, 6.45) is 0.976. The van der Waals surface area contributed by atoms with Gasteiger partial charge in [-0.15, -0.1) is 0 Å². The molecule has 0 spiro atoms. The number of hydrogen-bond donors (Lipinski definition) is 1. The Morgan fingerprint density at radius 1 is 1.17 bits per heavy atom. The minimum absolute atomic E-state index is 0.269. The molecule has 5 heteroatoms. The fourth-order valence-corrected chi connectivity index (χ4v) is 2.71. The van der Waals surface area contributed by atoms with Gasteiger partial charge >= 0.3 is 11.9 Å². The first kappa shape index (κ1) is 17.3. The number of esters is 2. The molecule has 5 nitrogen and oxygen atoms in total. The van der Waals surface area contributed by atoms with Gasteiger partial charge in [0.1, 0.15) is 11.5 Å². The highest BCUT2D eigenvalue weighted by atomic mass is 16.6. The van der Waals surface area contributed by atoms with Crippen molar-refractivity contribution in [1.29, 1.82) is 0 Å². The number of carbonyl (C=O) groups is 2. The smallest absolute Gasteiger partial charge is 0.357 e. The summed E-state index contributed by atoms with van der Waals surface area (Å²) in [4.78, 5) is 24.0. The van der Waals surface area contributed by atoms with Crippen LogP contribution in [0.1, 0.15) is 49.4 Å². The van der Waals surface area contributed by atoms with Crippen LogP contribution >= 0.6 is 0 Å². The van der Waals surface area contributed by atoms with E-state index in [4.69, 9.17) is 9.47 Å². The molecule has 1 aliphatic rings. The molecule has 0 saturated carbocycles. The molecule has 2 rings (SSSR count). The van der Waals surface area contributed by atoms with Crippen LogP contribution in [-0.2, 0) is 20.7 Å².